The maximum Gasteiger partial charge on any atom is 0.335 e. The molecular weight excluding hydrogens is 230 g/mol. The number of rotatable bonds is 8. The lowest BCUT2D eigenvalue weighted by Crippen LogP contribution is -2.03. The van der Waals surface area contributed by atoms with Crippen molar-refractivity contribution < 1.29 is 14.6 Å². The van der Waals surface area contributed by atoms with E-state index in [1.165, 1.54) is 31.4 Å². The van der Waals surface area contributed by atoms with Gasteiger partial charge in [-0.2, -0.15) is 0 Å². The summed E-state index contributed by atoms with van der Waals surface area (Å²) in [5.41, 5.74) is 6.29. The molecule has 0 bridgehead atoms. The summed E-state index contributed by atoms with van der Waals surface area (Å²) in [6.07, 6.45) is 5.87. The average molecular weight is 251 g/mol. The minimum atomic E-state index is -0.979. The van der Waals surface area contributed by atoms with Crippen molar-refractivity contribution in [2.24, 2.45) is 0 Å². The number of carbonyl (C=O) groups is 1. The van der Waals surface area contributed by atoms with Crippen LogP contribution in [0.1, 0.15) is 49.4 Å². The predicted molar refractivity (Wildman–Crippen MR) is 72.1 cm³/mol. The third-order valence-corrected chi connectivity index (χ3v) is 2.76. The van der Waals surface area contributed by atoms with Gasteiger partial charge in [-0.05, 0) is 24.6 Å². The monoisotopic (exact) mass is 251 g/mol. The molecule has 1 rings (SSSR count). The quantitative estimate of drug-likeness (QED) is 0.549. The molecule has 0 unspecified atom stereocenters. The van der Waals surface area contributed by atoms with Gasteiger partial charge in [0.05, 0.1) is 17.9 Å². The number of carboxylic acids is 1. The number of carboxylic acid groups (broad SMARTS) is 1. The zero-order valence-corrected chi connectivity index (χ0v) is 10.8. The highest BCUT2D eigenvalue weighted by Gasteiger charge is 2.06. The second-order valence-electron chi connectivity index (χ2n) is 4.32. The van der Waals surface area contributed by atoms with E-state index in [9.17, 15) is 4.79 Å². The SMILES string of the molecule is CCCCCCCOc1ccc(C(=O)O)cc1N. The predicted octanol–water partition coefficient (Wildman–Crippen LogP) is 3.32. The zero-order valence-electron chi connectivity index (χ0n) is 10.8. The van der Waals surface area contributed by atoms with Gasteiger partial charge in [0.25, 0.3) is 0 Å². The summed E-state index contributed by atoms with van der Waals surface area (Å²) in [5.74, 6) is -0.414. The maximum atomic E-state index is 10.7. The summed E-state index contributed by atoms with van der Waals surface area (Å²) in [7, 11) is 0. The Morgan fingerprint density at radius 3 is 2.61 bits per heavy atom. The summed E-state index contributed by atoms with van der Waals surface area (Å²) in [5, 5.41) is 8.80. The van der Waals surface area contributed by atoms with E-state index in [1.54, 1.807) is 6.07 Å². The van der Waals surface area contributed by atoms with Gasteiger partial charge in [-0.1, -0.05) is 32.6 Å². The Balaban J connectivity index is 2.36. The van der Waals surface area contributed by atoms with Crippen LogP contribution in [-0.4, -0.2) is 17.7 Å². The summed E-state index contributed by atoms with van der Waals surface area (Å²) in [6, 6.07) is 4.55. The number of hydrogen-bond acceptors (Lipinski definition) is 3. The standard InChI is InChI=1S/C14H21NO3/c1-2-3-4-5-6-9-18-13-8-7-11(14(16)17)10-12(13)15/h7-8,10H,2-6,9,15H2,1H3,(H,16,17). The largest absolute Gasteiger partial charge is 0.491 e. The van der Waals surface area contributed by atoms with Crippen molar-refractivity contribution in [2.45, 2.75) is 39.0 Å². The molecule has 1 aromatic rings. The van der Waals surface area contributed by atoms with Gasteiger partial charge in [-0.15, -0.1) is 0 Å². The van der Waals surface area contributed by atoms with Crippen LogP contribution in [0.2, 0.25) is 0 Å². The van der Waals surface area contributed by atoms with Gasteiger partial charge < -0.3 is 15.6 Å². The van der Waals surface area contributed by atoms with Crippen LogP contribution in [0.25, 0.3) is 0 Å². The van der Waals surface area contributed by atoms with Gasteiger partial charge in [0.1, 0.15) is 5.75 Å². The zero-order chi connectivity index (χ0) is 13.4. The normalized spacial score (nSPS) is 10.3. The molecule has 0 saturated heterocycles. The Bertz CT molecular complexity index is 391. The van der Waals surface area contributed by atoms with E-state index in [1.807, 2.05) is 0 Å². The fraction of sp³-hybridized carbons (Fsp3) is 0.500. The lowest BCUT2D eigenvalue weighted by molar-refractivity contribution is 0.0697. The molecule has 1 aromatic carbocycles. The van der Waals surface area contributed by atoms with Gasteiger partial charge >= 0.3 is 5.97 Å². The van der Waals surface area contributed by atoms with Crippen molar-refractivity contribution in [1.29, 1.82) is 0 Å². The molecule has 0 aliphatic carbocycles. The van der Waals surface area contributed by atoms with Crippen LogP contribution in [0.3, 0.4) is 0 Å². The van der Waals surface area contributed by atoms with E-state index in [-0.39, 0.29) is 5.56 Å². The Morgan fingerprint density at radius 1 is 1.28 bits per heavy atom. The number of ether oxygens (including phenoxy) is 1. The summed E-state index contributed by atoms with van der Waals surface area (Å²) >= 11 is 0. The maximum absolute atomic E-state index is 10.7. The third kappa shape index (κ3) is 4.65. The van der Waals surface area contributed by atoms with Crippen molar-refractivity contribution in [3.8, 4) is 5.75 Å². The lowest BCUT2D eigenvalue weighted by atomic mass is 10.1. The Morgan fingerprint density at radius 2 is 2.00 bits per heavy atom. The molecule has 100 valence electrons. The summed E-state index contributed by atoms with van der Waals surface area (Å²) in [6.45, 7) is 2.81. The number of nitrogens with two attached hydrogens (primary N) is 1. The van der Waals surface area contributed by atoms with Crippen molar-refractivity contribution >= 4 is 11.7 Å². The van der Waals surface area contributed by atoms with Crippen molar-refractivity contribution in [3.05, 3.63) is 23.8 Å². The number of unbranched alkanes of at least 4 members (excludes halogenated alkanes) is 4. The fourth-order valence-corrected chi connectivity index (χ4v) is 1.70. The molecule has 0 aliphatic rings. The molecule has 0 spiro atoms. The van der Waals surface area contributed by atoms with Gasteiger partial charge in [0, 0.05) is 0 Å². The van der Waals surface area contributed by atoms with E-state index < -0.39 is 5.97 Å². The third-order valence-electron chi connectivity index (χ3n) is 2.76. The molecule has 0 saturated carbocycles. The van der Waals surface area contributed by atoms with Gasteiger partial charge in [0.2, 0.25) is 0 Å². The van der Waals surface area contributed by atoms with E-state index in [0.29, 0.717) is 18.0 Å². The number of aromatic carboxylic acids is 1. The second-order valence-corrected chi connectivity index (χ2v) is 4.32. The molecular formula is C14H21NO3. The van der Waals surface area contributed by atoms with Crippen LogP contribution in [0.4, 0.5) is 5.69 Å². The summed E-state index contributed by atoms with van der Waals surface area (Å²) < 4.78 is 5.53. The van der Waals surface area contributed by atoms with E-state index >= 15 is 0 Å². The Labute approximate surface area is 108 Å². The fourth-order valence-electron chi connectivity index (χ4n) is 1.70. The Hall–Kier alpha value is -1.71. The van der Waals surface area contributed by atoms with Crippen molar-refractivity contribution in [2.75, 3.05) is 12.3 Å². The molecule has 18 heavy (non-hydrogen) atoms. The smallest absolute Gasteiger partial charge is 0.335 e. The first-order valence-electron chi connectivity index (χ1n) is 6.40. The molecule has 4 nitrogen and oxygen atoms in total. The molecule has 0 radical (unpaired) electrons. The molecule has 0 atom stereocenters. The van der Waals surface area contributed by atoms with Gasteiger partial charge in [0.15, 0.2) is 0 Å². The van der Waals surface area contributed by atoms with Crippen molar-refractivity contribution in [3.63, 3.8) is 0 Å². The molecule has 0 fully saturated rings. The highest BCUT2D eigenvalue weighted by atomic mass is 16.5. The first-order valence-corrected chi connectivity index (χ1v) is 6.40. The van der Waals surface area contributed by atoms with Crippen LogP contribution in [0, 0.1) is 0 Å². The van der Waals surface area contributed by atoms with Crippen LogP contribution >= 0.6 is 0 Å². The first kappa shape index (κ1) is 14.4. The molecule has 0 aliphatic heterocycles. The Kier molecular flexibility index (Phi) is 6.05. The number of hydrogen-bond donors (Lipinski definition) is 2. The highest BCUT2D eigenvalue weighted by Crippen LogP contribution is 2.22. The van der Waals surface area contributed by atoms with Crippen LogP contribution in [-0.2, 0) is 0 Å². The van der Waals surface area contributed by atoms with Crippen LogP contribution < -0.4 is 10.5 Å². The van der Waals surface area contributed by atoms with Crippen molar-refractivity contribution in [1.82, 2.24) is 0 Å². The van der Waals surface area contributed by atoms with Crippen LogP contribution in [0.15, 0.2) is 18.2 Å². The topological polar surface area (TPSA) is 72.5 Å². The van der Waals surface area contributed by atoms with E-state index in [2.05, 4.69) is 6.92 Å². The second kappa shape index (κ2) is 7.58. The van der Waals surface area contributed by atoms with Gasteiger partial charge in [-0.25, -0.2) is 4.79 Å². The number of benzene rings is 1. The lowest BCUT2D eigenvalue weighted by Gasteiger charge is -2.09. The van der Waals surface area contributed by atoms with E-state index in [4.69, 9.17) is 15.6 Å². The first-order chi connectivity index (χ1) is 8.65. The number of nitrogen functional groups attached to an aromatic ring is 1. The summed E-state index contributed by atoms with van der Waals surface area (Å²) in [4.78, 5) is 10.7. The van der Waals surface area contributed by atoms with Crippen LogP contribution in [0.5, 0.6) is 5.75 Å². The minimum absolute atomic E-state index is 0.183. The molecule has 4 heteroatoms. The minimum Gasteiger partial charge on any atom is -0.491 e. The molecule has 0 amide bonds. The average Bonchev–Trinajstić information content (AvgIpc) is 2.35. The molecule has 3 N–H and O–H groups in total. The molecule has 0 heterocycles. The number of anilines is 1. The molecule has 0 aromatic heterocycles. The van der Waals surface area contributed by atoms with Gasteiger partial charge in [-0.3, -0.25) is 0 Å². The van der Waals surface area contributed by atoms with E-state index in [0.717, 1.165) is 12.8 Å². The highest BCUT2D eigenvalue weighted by molar-refractivity contribution is 5.89.